The van der Waals surface area contributed by atoms with Crippen LogP contribution in [0.5, 0.6) is 11.5 Å². The Hall–Kier alpha value is -3.75. The molecule has 0 unspecified atom stereocenters. The van der Waals surface area contributed by atoms with Crippen LogP contribution in [0.25, 0.3) is 0 Å². The third-order valence-corrected chi connectivity index (χ3v) is 3.74. The van der Waals surface area contributed by atoms with E-state index in [0.717, 1.165) is 12.1 Å². The van der Waals surface area contributed by atoms with Gasteiger partial charge in [-0.25, -0.2) is 18.7 Å². The van der Waals surface area contributed by atoms with Gasteiger partial charge in [-0.15, -0.1) is 0 Å². The molecule has 28 heavy (non-hydrogen) atoms. The average Bonchev–Trinajstić information content (AvgIpc) is 2.71. The maximum atomic E-state index is 13.8. The molecule has 2 N–H and O–H groups in total. The second-order valence-electron chi connectivity index (χ2n) is 5.51. The molecular weight excluding hydrogens is 370 g/mol. The first-order valence-electron chi connectivity index (χ1n) is 8.09. The van der Waals surface area contributed by atoms with Crippen LogP contribution in [0.1, 0.15) is 10.5 Å². The molecule has 0 spiro atoms. The number of anilines is 3. The molecule has 0 radical (unpaired) electrons. The first-order chi connectivity index (χ1) is 13.5. The van der Waals surface area contributed by atoms with Crippen LogP contribution in [0.4, 0.5) is 26.1 Å². The first kappa shape index (κ1) is 19.0. The minimum absolute atomic E-state index is 0.00730. The molecule has 2 aromatic carbocycles. The smallest absolute Gasteiger partial charge is 0.274 e. The lowest BCUT2D eigenvalue weighted by atomic mass is 10.2. The second-order valence-corrected chi connectivity index (χ2v) is 5.51. The molecule has 1 amide bonds. The summed E-state index contributed by atoms with van der Waals surface area (Å²) in [7, 11) is 2.97. The highest BCUT2D eigenvalue weighted by molar-refractivity contribution is 6.03. The van der Waals surface area contributed by atoms with Gasteiger partial charge in [-0.05, 0) is 30.3 Å². The number of ether oxygens (including phenoxy) is 2. The van der Waals surface area contributed by atoms with E-state index < -0.39 is 23.2 Å². The van der Waals surface area contributed by atoms with Gasteiger partial charge in [0.25, 0.3) is 5.91 Å². The largest absolute Gasteiger partial charge is 0.497 e. The van der Waals surface area contributed by atoms with Crippen LogP contribution in [0.3, 0.4) is 0 Å². The van der Waals surface area contributed by atoms with E-state index in [1.807, 2.05) is 0 Å². The number of rotatable bonds is 6. The highest BCUT2D eigenvalue weighted by Crippen LogP contribution is 2.29. The van der Waals surface area contributed by atoms with E-state index in [4.69, 9.17) is 9.47 Å². The molecule has 0 aliphatic heterocycles. The summed E-state index contributed by atoms with van der Waals surface area (Å²) < 4.78 is 37.9. The normalized spacial score (nSPS) is 10.3. The average molecular weight is 386 g/mol. The molecule has 144 valence electrons. The SMILES string of the molecule is COc1ccc(NC(=O)c2ccnc(Nc3c(F)cccc3F)n2)c(OC)c1. The molecule has 0 saturated heterocycles. The zero-order chi connectivity index (χ0) is 20.1. The van der Waals surface area contributed by atoms with Gasteiger partial charge in [-0.1, -0.05) is 6.07 Å². The minimum Gasteiger partial charge on any atom is -0.497 e. The quantitative estimate of drug-likeness (QED) is 0.671. The highest BCUT2D eigenvalue weighted by Gasteiger charge is 2.15. The number of aromatic nitrogens is 2. The minimum atomic E-state index is -0.804. The summed E-state index contributed by atoms with van der Waals surface area (Å²) >= 11 is 0. The highest BCUT2D eigenvalue weighted by atomic mass is 19.1. The molecule has 0 bridgehead atoms. The predicted molar refractivity (Wildman–Crippen MR) is 99.2 cm³/mol. The van der Waals surface area contributed by atoms with Crippen molar-refractivity contribution in [2.24, 2.45) is 0 Å². The van der Waals surface area contributed by atoms with Crippen molar-refractivity contribution in [3.63, 3.8) is 0 Å². The maximum Gasteiger partial charge on any atom is 0.274 e. The lowest BCUT2D eigenvalue weighted by molar-refractivity contribution is 0.102. The van der Waals surface area contributed by atoms with Crippen molar-refractivity contribution in [1.82, 2.24) is 9.97 Å². The summed E-state index contributed by atoms with van der Waals surface area (Å²) in [4.78, 5) is 20.4. The first-order valence-corrected chi connectivity index (χ1v) is 8.09. The molecule has 9 heteroatoms. The van der Waals surface area contributed by atoms with Crippen LogP contribution < -0.4 is 20.1 Å². The summed E-state index contributed by atoms with van der Waals surface area (Å²) in [6.45, 7) is 0. The van der Waals surface area contributed by atoms with Crippen molar-refractivity contribution in [1.29, 1.82) is 0 Å². The Morgan fingerprint density at radius 1 is 1.04 bits per heavy atom. The topological polar surface area (TPSA) is 85.4 Å². The van der Waals surface area contributed by atoms with E-state index >= 15 is 0 Å². The number of hydrogen-bond acceptors (Lipinski definition) is 6. The lowest BCUT2D eigenvalue weighted by Gasteiger charge is -2.12. The Kier molecular flexibility index (Phi) is 5.64. The van der Waals surface area contributed by atoms with E-state index in [9.17, 15) is 13.6 Å². The van der Waals surface area contributed by atoms with Crippen LogP contribution in [0, 0.1) is 11.6 Å². The van der Waals surface area contributed by atoms with Crippen molar-refractivity contribution in [2.45, 2.75) is 0 Å². The number of methoxy groups -OCH3 is 2. The molecule has 0 atom stereocenters. The van der Waals surface area contributed by atoms with Crippen molar-refractivity contribution < 1.29 is 23.0 Å². The van der Waals surface area contributed by atoms with Crippen molar-refractivity contribution in [3.8, 4) is 11.5 Å². The maximum absolute atomic E-state index is 13.8. The Morgan fingerprint density at radius 2 is 1.79 bits per heavy atom. The monoisotopic (exact) mass is 386 g/mol. The number of amides is 1. The molecule has 0 saturated carbocycles. The van der Waals surface area contributed by atoms with Crippen LogP contribution in [-0.4, -0.2) is 30.1 Å². The number of halogens is 2. The molecule has 0 aliphatic carbocycles. The third-order valence-electron chi connectivity index (χ3n) is 3.74. The van der Waals surface area contributed by atoms with Crippen molar-refractivity contribution in [2.75, 3.05) is 24.9 Å². The summed E-state index contributed by atoms with van der Waals surface area (Å²) in [6.07, 6.45) is 1.30. The third kappa shape index (κ3) is 4.14. The number of carbonyl (C=O) groups is 1. The lowest BCUT2D eigenvalue weighted by Crippen LogP contribution is -2.15. The molecule has 0 fully saturated rings. The van der Waals surface area contributed by atoms with E-state index in [1.54, 1.807) is 18.2 Å². The Labute approximate surface area is 159 Å². The number of para-hydroxylation sites is 1. The molecule has 3 rings (SSSR count). The number of hydrogen-bond donors (Lipinski definition) is 2. The molecule has 3 aromatic rings. The number of nitrogens with one attached hydrogen (secondary N) is 2. The van der Waals surface area contributed by atoms with Crippen molar-refractivity contribution in [3.05, 3.63) is 66.0 Å². The van der Waals surface area contributed by atoms with Crippen LogP contribution in [0.2, 0.25) is 0 Å². The van der Waals surface area contributed by atoms with E-state index in [2.05, 4.69) is 20.6 Å². The van der Waals surface area contributed by atoms with Gasteiger partial charge >= 0.3 is 0 Å². The van der Waals surface area contributed by atoms with Crippen molar-refractivity contribution >= 4 is 23.2 Å². The molecular formula is C19H16F2N4O3. The molecule has 7 nitrogen and oxygen atoms in total. The predicted octanol–water partition coefficient (Wildman–Crippen LogP) is 3.77. The van der Waals surface area contributed by atoms with Crippen LogP contribution >= 0.6 is 0 Å². The van der Waals surface area contributed by atoms with E-state index in [0.29, 0.717) is 17.2 Å². The zero-order valence-corrected chi connectivity index (χ0v) is 15.0. The van der Waals surface area contributed by atoms with Gasteiger partial charge in [-0.2, -0.15) is 0 Å². The second kappa shape index (κ2) is 8.30. The fourth-order valence-corrected chi connectivity index (χ4v) is 2.36. The number of nitrogens with zero attached hydrogens (tertiary/aromatic N) is 2. The van der Waals surface area contributed by atoms with Gasteiger partial charge in [0.15, 0.2) is 0 Å². The summed E-state index contributed by atoms with van der Waals surface area (Å²) in [5.41, 5.74) is -0.00873. The standard InChI is InChI=1S/C19H16F2N4O3/c1-27-11-6-7-14(16(10-11)28-2)23-18(26)15-8-9-22-19(24-15)25-17-12(20)4-3-5-13(17)21/h3-10H,1-2H3,(H,23,26)(H,22,24,25). The Balaban J connectivity index is 1.81. The van der Waals surface area contributed by atoms with E-state index in [-0.39, 0.29) is 11.6 Å². The van der Waals surface area contributed by atoms with Gasteiger partial charge in [0, 0.05) is 12.3 Å². The van der Waals surface area contributed by atoms with Gasteiger partial charge in [0.05, 0.1) is 19.9 Å². The number of benzene rings is 2. The molecule has 1 aromatic heterocycles. The number of carbonyl (C=O) groups excluding carboxylic acids is 1. The summed E-state index contributed by atoms with van der Waals surface area (Å²) in [5.74, 6) is -1.33. The van der Waals surface area contributed by atoms with Gasteiger partial charge in [0.2, 0.25) is 5.95 Å². The Bertz CT molecular complexity index is 994. The van der Waals surface area contributed by atoms with Crippen LogP contribution in [-0.2, 0) is 0 Å². The Morgan fingerprint density at radius 3 is 2.46 bits per heavy atom. The van der Waals surface area contributed by atoms with Gasteiger partial charge in [-0.3, -0.25) is 4.79 Å². The van der Waals surface area contributed by atoms with E-state index in [1.165, 1.54) is 32.5 Å². The van der Waals surface area contributed by atoms with Gasteiger partial charge < -0.3 is 20.1 Å². The fraction of sp³-hybridized carbons (Fsp3) is 0.105. The summed E-state index contributed by atoms with van der Waals surface area (Å²) in [5, 5.41) is 5.10. The molecule has 0 aliphatic rings. The molecule has 1 heterocycles. The zero-order valence-electron chi connectivity index (χ0n) is 15.0. The van der Waals surface area contributed by atoms with Crippen LogP contribution in [0.15, 0.2) is 48.7 Å². The van der Waals surface area contributed by atoms with Gasteiger partial charge in [0.1, 0.15) is 34.5 Å². The fourth-order valence-electron chi connectivity index (χ4n) is 2.36. The summed E-state index contributed by atoms with van der Waals surface area (Å²) in [6, 6.07) is 9.69.